The zero-order valence-electron chi connectivity index (χ0n) is 7.27. The van der Waals surface area contributed by atoms with E-state index >= 15 is 0 Å². The molecule has 0 spiro atoms. The van der Waals surface area contributed by atoms with E-state index in [1.807, 2.05) is 30.3 Å². The molecular formula is C9H9NO2S2. The van der Waals surface area contributed by atoms with Gasteiger partial charge < -0.3 is 4.74 Å². The molecule has 0 unspecified atom stereocenters. The lowest BCUT2D eigenvalue weighted by atomic mass is 10.2. The second-order valence-electron chi connectivity index (χ2n) is 2.49. The zero-order valence-corrected chi connectivity index (χ0v) is 8.98. The SMILES string of the molecule is O=C(S)NC(=S)OCc1ccccc1. The van der Waals surface area contributed by atoms with E-state index in [1.165, 1.54) is 0 Å². The number of rotatable bonds is 2. The summed E-state index contributed by atoms with van der Waals surface area (Å²) >= 11 is 8.23. The molecule has 0 radical (unpaired) electrons. The van der Waals surface area contributed by atoms with Crippen LogP contribution in [0.2, 0.25) is 0 Å². The summed E-state index contributed by atoms with van der Waals surface area (Å²) in [6.45, 7) is 0.341. The first kappa shape index (κ1) is 11.0. The van der Waals surface area contributed by atoms with Gasteiger partial charge in [0.15, 0.2) is 0 Å². The molecule has 0 aromatic heterocycles. The maximum atomic E-state index is 10.5. The van der Waals surface area contributed by atoms with Gasteiger partial charge in [0.2, 0.25) is 0 Å². The molecule has 0 saturated heterocycles. The molecular weight excluding hydrogens is 218 g/mol. The van der Waals surface area contributed by atoms with Crippen molar-refractivity contribution in [1.29, 1.82) is 0 Å². The molecule has 0 aliphatic carbocycles. The molecule has 0 saturated carbocycles. The summed E-state index contributed by atoms with van der Waals surface area (Å²) in [4.78, 5) is 10.5. The van der Waals surface area contributed by atoms with Crippen molar-refractivity contribution in [3.63, 3.8) is 0 Å². The van der Waals surface area contributed by atoms with Gasteiger partial charge in [-0.1, -0.05) is 43.0 Å². The second-order valence-corrected chi connectivity index (χ2v) is 3.27. The van der Waals surface area contributed by atoms with Crippen molar-refractivity contribution < 1.29 is 9.53 Å². The fourth-order valence-electron chi connectivity index (χ4n) is 0.847. The highest BCUT2D eigenvalue weighted by Gasteiger charge is 2.00. The van der Waals surface area contributed by atoms with Crippen molar-refractivity contribution in [1.82, 2.24) is 5.32 Å². The summed E-state index contributed by atoms with van der Waals surface area (Å²) in [5.74, 6) is 0. The van der Waals surface area contributed by atoms with Gasteiger partial charge in [-0.3, -0.25) is 10.1 Å². The van der Waals surface area contributed by atoms with Gasteiger partial charge in [-0.2, -0.15) is 0 Å². The molecule has 1 rings (SSSR count). The smallest absolute Gasteiger partial charge is 0.283 e. The van der Waals surface area contributed by atoms with Crippen molar-refractivity contribution in [3.8, 4) is 0 Å². The van der Waals surface area contributed by atoms with E-state index in [-0.39, 0.29) is 5.17 Å². The van der Waals surface area contributed by atoms with E-state index in [0.29, 0.717) is 6.61 Å². The lowest BCUT2D eigenvalue weighted by Crippen LogP contribution is -2.25. The highest BCUT2D eigenvalue weighted by atomic mass is 32.1. The van der Waals surface area contributed by atoms with Crippen LogP contribution in [-0.4, -0.2) is 10.4 Å². The van der Waals surface area contributed by atoms with Crippen molar-refractivity contribution >= 4 is 35.3 Å². The summed E-state index contributed by atoms with van der Waals surface area (Å²) in [7, 11) is 0. The molecule has 0 heterocycles. The quantitative estimate of drug-likeness (QED) is 0.600. The molecule has 1 amide bonds. The van der Waals surface area contributed by atoms with Gasteiger partial charge in [-0.15, -0.1) is 0 Å². The van der Waals surface area contributed by atoms with Crippen LogP contribution in [0.25, 0.3) is 0 Å². The Labute approximate surface area is 92.9 Å². The number of thiocarbonyl (C=S) groups is 1. The van der Waals surface area contributed by atoms with Gasteiger partial charge in [0, 0.05) is 0 Å². The Balaban J connectivity index is 2.34. The predicted octanol–water partition coefficient (Wildman–Crippen LogP) is 2.13. The average Bonchev–Trinajstić information content (AvgIpc) is 2.15. The third-order valence-electron chi connectivity index (χ3n) is 1.42. The van der Waals surface area contributed by atoms with Gasteiger partial charge in [0.05, 0.1) is 0 Å². The Hall–Kier alpha value is -1.07. The highest BCUT2D eigenvalue weighted by molar-refractivity contribution is 7.96. The summed E-state index contributed by atoms with van der Waals surface area (Å²) in [6, 6.07) is 9.53. The van der Waals surface area contributed by atoms with Crippen molar-refractivity contribution in [2.45, 2.75) is 6.61 Å². The summed E-state index contributed by atoms with van der Waals surface area (Å²) < 4.78 is 5.09. The van der Waals surface area contributed by atoms with Crippen LogP contribution in [0.4, 0.5) is 4.79 Å². The first-order chi connectivity index (χ1) is 6.68. The van der Waals surface area contributed by atoms with Gasteiger partial charge in [-0.05, 0) is 17.8 Å². The fourth-order valence-corrected chi connectivity index (χ4v) is 1.18. The van der Waals surface area contributed by atoms with Crippen LogP contribution < -0.4 is 5.32 Å². The Morgan fingerprint density at radius 1 is 1.43 bits per heavy atom. The van der Waals surface area contributed by atoms with Crippen LogP contribution in [0.5, 0.6) is 0 Å². The first-order valence-corrected chi connectivity index (χ1v) is 4.74. The number of carbonyl (C=O) groups excluding carboxylic acids is 1. The minimum absolute atomic E-state index is 0.0360. The average molecular weight is 227 g/mol. The van der Waals surface area contributed by atoms with Gasteiger partial charge in [0.25, 0.3) is 10.4 Å². The Morgan fingerprint density at radius 2 is 2.07 bits per heavy atom. The van der Waals surface area contributed by atoms with E-state index in [4.69, 9.17) is 17.0 Å². The molecule has 0 aliphatic heterocycles. The van der Waals surface area contributed by atoms with Gasteiger partial charge >= 0.3 is 0 Å². The molecule has 1 aromatic rings. The van der Waals surface area contributed by atoms with Crippen molar-refractivity contribution in [2.24, 2.45) is 0 Å². The summed E-state index contributed by atoms with van der Waals surface area (Å²) in [6.07, 6.45) is 0. The number of ether oxygens (including phenoxy) is 1. The molecule has 74 valence electrons. The van der Waals surface area contributed by atoms with E-state index in [2.05, 4.69) is 17.9 Å². The largest absolute Gasteiger partial charge is 0.466 e. The standard InChI is InChI=1S/C9H9NO2S2/c11-8(13)10-9(14)12-6-7-4-2-1-3-5-7/h1-5H,6H2,(H2,10,11,13,14). The number of hydrogen-bond donors (Lipinski definition) is 2. The van der Waals surface area contributed by atoms with Crippen LogP contribution in [0.1, 0.15) is 5.56 Å². The summed E-state index contributed by atoms with van der Waals surface area (Å²) in [5, 5.41) is 1.76. The molecule has 14 heavy (non-hydrogen) atoms. The predicted molar refractivity (Wildman–Crippen MR) is 61.3 cm³/mol. The Kier molecular flexibility index (Phi) is 4.42. The topological polar surface area (TPSA) is 38.3 Å². The third kappa shape index (κ3) is 4.25. The minimum atomic E-state index is -0.525. The minimum Gasteiger partial charge on any atom is -0.466 e. The molecule has 0 fully saturated rings. The molecule has 1 aromatic carbocycles. The first-order valence-electron chi connectivity index (χ1n) is 3.89. The van der Waals surface area contributed by atoms with Gasteiger partial charge in [-0.25, -0.2) is 0 Å². The van der Waals surface area contributed by atoms with Crippen molar-refractivity contribution in [3.05, 3.63) is 35.9 Å². The van der Waals surface area contributed by atoms with Crippen LogP contribution >= 0.6 is 24.8 Å². The molecule has 1 N–H and O–H groups in total. The van der Waals surface area contributed by atoms with Crippen molar-refractivity contribution in [2.75, 3.05) is 0 Å². The lowest BCUT2D eigenvalue weighted by molar-refractivity contribution is 0.256. The highest BCUT2D eigenvalue weighted by Crippen LogP contribution is 2.00. The molecule has 3 nitrogen and oxygen atoms in total. The van der Waals surface area contributed by atoms with E-state index in [9.17, 15) is 4.79 Å². The van der Waals surface area contributed by atoms with E-state index in [1.54, 1.807) is 0 Å². The Bertz CT molecular complexity index is 327. The monoisotopic (exact) mass is 227 g/mol. The van der Waals surface area contributed by atoms with Crippen LogP contribution in [0.15, 0.2) is 30.3 Å². The second kappa shape index (κ2) is 5.62. The number of thiol groups is 1. The number of amides is 1. The number of carbonyl (C=O) groups is 1. The number of nitrogens with one attached hydrogen (secondary N) is 1. The maximum absolute atomic E-state index is 10.5. The number of hydrogen-bond acceptors (Lipinski definition) is 3. The maximum Gasteiger partial charge on any atom is 0.283 e. The van der Waals surface area contributed by atoms with Crippen LogP contribution in [-0.2, 0) is 11.3 Å². The molecule has 5 heteroatoms. The van der Waals surface area contributed by atoms with Crippen LogP contribution in [0, 0.1) is 0 Å². The zero-order chi connectivity index (χ0) is 10.4. The molecule has 0 bridgehead atoms. The number of benzene rings is 1. The van der Waals surface area contributed by atoms with Gasteiger partial charge in [0.1, 0.15) is 6.61 Å². The third-order valence-corrected chi connectivity index (χ3v) is 1.75. The fraction of sp³-hybridized carbons (Fsp3) is 0.111. The van der Waals surface area contributed by atoms with E-state index < -0.39 is 5.24 Å². The molecule has 0 atom stereocenters. The summed E-state index contributed by atoms with van der Waals surface area (Å²) in [5.41, 5.74) is 0.989. The Morgan fingerprint density at radius 3 is 2.64 bits per heavy atom. The molecule has 0 aliphatic rings. The van der Waals surface area contributed by atoms with E-state index in [0.717, 1.165) is 5.56 Å². The van der Waals surface area contributed by atoms with Crippen LogP contribution in [0.3, 0.4) is 0 Å². The lowest BCUT2D eigenvalue weighted by Gasteiger charge is -2.06. The normalized spacial score (nSPS) is 9.21.